The summed E-state index contributed by atoms with van der Waals surface area (Å²) in [5.41, 5.74) is 5.13. The molecule has 0 aliphatic carbocycles. The van der Waals surface area contributed by atoms with Crippen LogP contribution >= 0.6 is 0 Å². The fraction of sp³-hybridized carbons (Fsp3) is 0. The third-order valence-corrected chi connectivity index (χ3v) is 4.11. The van der Waals surface area contributed by atoms with E-state index in [4.69, 9.17) is 0 Å². The number of hydrogen-bond donors (Lipinski definition) is 1. The summed E-state index contributed by atoms with van der Waals surface area (Å²) in [6.45, 7) is 0. The molecule has 2 aromatic carbocycles. The monoisotopic (exact) mass is 324 g/mol. The normalized spacial score (nSPS) is 11.6. The van der Waals surface area contributed by atoms with Crippen molar-refractivity contribution in [3.63, 3.8) is 0 Å². The summed E-state index contributed by atoms with van der Waals surface area (Å²) in [6.07, 6.45) is 5.75. The van der Waals surface area contributed by atoms with Crippen LogP contribution in [0.15, 0.2) is 90.0 Å². The van der Waals surface area contributed by atoms with Crippen LogP contribution in [-0.4, -0.2) is 9.97 Å². The molecule has 0 aliphatic rings. The van der Waals surface area contributed by atoms with Crippen LogP contribution in [0.4, 0.5) is 0 Å². The maximum absolute atomic E-state index is 11.5. The average Bonchev–Trinajstić information content (AvgIpc) is 2.67. The molecule has 0 bridgehead atoms. The Kier molecular flexibility index (Phi) is 3.97. The molecule has 0 atom stereocenters. The van der Waals surface area contributed by atoms with Gasteiger partial charge in [0.1, 0.15) is 0 Å². The first-order valence-electron chi connectivity index (χ1n) is 8.10. The van der Waals surface area contributed by atoms with E-state index < -0.39 is 0 Å². The molecule has 120 valence electrons. The summed E-state index contributed by atoms with van der Waals surface area (Å²) in [6, 6.07) is 23.7. The van der Waals surface area contributed by atoms with Gasteiger partial charge in [-0.3, -0.25) is 9.78 Å². The van der Waals surface area contributed by atoms with E-state index in [2.05, 4.69) is 34.2 Å². The standard InChI is InChI=1S/C22H16N2O/c25-22-11-9-19-14-18(8-10-21(19)24-22)20(17-6-2-1-3-7-17)13-16-5-4-12-23-15-16/h1-15H,(H,24,25)/b20-13+. The lowest BCUT2D eigenvalue weighted by Gasteiger charge is -2.10. The van der Waals surface area contributed by atoms with E-state index >= 15 is 0 Å². The van der Waals surface area contributed by atoms with Gasteiger partial charge in [-0.15, -0.1) is 0 Å². The Balaban J connectivity index is 1.90. The lowest BCUT2D eigenvalue weighted by molar-refractivity contribution is 1.30. The summed E-state index contributed by atoms with van der Waals surface area (Å²) >= 11 is 0. The number of hydrogen-bond acceptors (Lipinski definition) is 2. The summed E-state index contributed by atoms with van der Waals surface area (Å²) in [5, 5.41) is 1.00. The van der Waals surface area contributed by atoms with Crippen molar-refractivity contribution in [2.24, 2.45) is 0 Å². The molecule has 0 amide bonds. The predicted molar refractivity (Wildman–Crippen MR) is 102 cm³/mol. The number of benzene rings is 2. The number of rotatable bonds is 3. The summed E-state index contributed by atoms with van der Waals surface area (Å²) in [7, 11) is 0. The van der Waals surface area contributed by atoms with Gasteiger partial charge in [0.15, 0.2) is 0 Å². The second-order valence-electron chi connectivity index (χ2n) is 5.84. The molecule has 2 heterocycles. The van der Waals surface area contributed by atoms with Crippen LogP contribution in [0.5, 0.6) is 0 Å². The van der Waals surface area contributed by atoms with Gasteiger partial charge >= 0.3 is 0 Å². The fourth-order valence-corrected chi connectivity index (χ4v) is 2.90. The van der Waals surface area contributed by atoms with Crippen LogP contribution in [0.1, 0.15) is 16.7 Å². The smallest absolute Gasteiger partial charge is 0.248 e. The van der Waals surface area contributed by atoms with E-state index in [0.29, 0.717) is 0 Å². The minimum Gasteiger partial charge on any atom is -0.322 e. The van der Waals surface area contributed by atoms with Gasteiger partial charge in [-0.2, -0.15) is 0 Å². The fourth-order valence-electron chi connectivity index (χ4n) is 2.90. The summed E-state index contributed by atoms with van der Waals surface area (Å²) < 4.78 is 0. The average molecular weight is 324 g/mol. The topological polar surface area (TPSA) is 45.8 Å². The molecular weight excluding hydrogens is 308 g/mol. The second-order valence-corrected chi connectivity index (χ2v) is 5.84. The molecule has 25 heavy (non-hydrogen) atoms. The predicted octanol–water partition coefficient (Wildman–Crippen LogP) is 4.51. The Morgan fingerprint density at radius 2 is 1.76 bits per heavy atom. The number of nitrogens with one attached hydrogen (secondary N) is 1. The maximum atomic E-state index is 11.5. The van der Waals surface area contributed by atoms with E-state index in [1.54, 1.807) is 12.3 Å². The Labute approximate surface area is 145 Å². The zero-order valence-electron chi connectivity index (χ0n) is 13.5. The molecule has 0 saturated heterocycles. The Morgan fingerprint density at radius 3 is 2.56 bits per heavy atom. The third-order valence-electron chi connectivity index (χ3n) is 4.11. The maximum Gasteiger partial charge on any atom is 0.248 e. The van der Waals surface area contributed by atoms with E-state index in [0.717, 1.165) is 33.2 Å². The van der Waals surface area contributed by atoms with Gasteiger partial charge in [0.2, 0.25) is 5.56 Å². The molecule has 0 radical (unpaired) electrons. The van der Waals surface area contributed by atoms with Crippen molar-refractivity contribution in [2.45, 2.75) is 0 Å². The zero-order valence-corrected chi connectivity index (χ0v) is 13.5. The Bertz CT molecular complexity index is 1100. The molecule has 0 aliphatic heterocycles. The molecule has 3 heteroatoms. The first-order valence-corrected chi connectivity index (χ1v) is 8.10. The molecular formula is C22H16N2O. The van der Waals surface area contributed by atoms with E-state index in [1.807, 2.05) is 54.7 Å². The van der Waals surface area contributed by atoms with Gasteiger partial charge in [-0.05, 0) is 58.0 Å². The highest BCUT2D eigenvalue weighted by Crippen LogP contribution is 2.27. The quantitative estimate of drug-likeness (QED) is 0.602. The van der Waals surface area contributed by atoms with Crippen molar-refractivity contribution in [1.29, 1.82) is 0 Å². The third kappa shape index (κ3) is 3.26. The number of fused-ring (bicyclic) bond motifs is 1. The minimum absolute atomic E-state index is 0.0885. The van der Waals surface area contributed by atoms with Crippen LogP contribution in [0.3, 0.4) is 0 Å². The van der Waals surface area contributed by atoms with Crippen molar-refractivity contribution in [3.05, 3.63) is 112 Å². The highest BCUT2D eigenvalue weighted by Gasteiger charge is 2.07. The van der Waals surface area contributed by atoms with Gasteiger partial charge in [0.25, 0.3) is 0 Å². The number of aromatic amines is 1. The SMILES string of the molecule is O=c1ccc2cc(/C(=C/c3cccnc3)c3ccccc3)ccc2[nH]1. The Morgan fingerprint density at radius 1 is 0.880 bits per heavy atom. The highest BCUT2D eigenvalue weighted by atomic mass is 16.1. The summed E-state index contributed by atoms with van der Waals surface area (Å²) in [4.78, 5) is 18.6. The molecule has 3 nitrogen and oxygen atoms in total. The van der Waals surface area contributed by atoms with Crippen LogP contribution in [-0.2, 0) is 0 Å². The first-order chi connectivity index (χ1) is 12.3. The largest absolute Gasteiger partial charge is 0.322 e. The molecule has 4 rings (SSSR count). The van der Waals surface area contributed by atoms with Crippen molar-refractivity contribution >= 4 is 22.6 Å². The molecule has 2 aromatic heterocycles. The van der Waals surface area contributed by atoms with E-state index in [-0.39, 0.29) is 5.56 Å². The molecule has 0 unspecified atom stereocenters. The van der Waals surface area contributed by atoms with E-state index in [1.165, 1.54) is 0 Å². The number of aromatic nitrogens is 2. The number of pyridine rings is 2. The molecule has 0 saturated carbocycles. The number of nitrogens with zero attached hydrogens (tertiary/aromatic N) is 1. The lowest BCUT2D eigenvalue weighted by Crippen LogP contribution is -2.02. The summed E-state index contributed by atoms with van der Waals surface area (Å²) in [5.74, 6) is 0. The minimum atomic E-state index is -0.0885. The van der Waals surface area contributed by atoms with Gasteiger partial charge in [-0.25, -0.2) is 0 Å². The highest BCUT2D eigenvalue weighted by molar-refractivity contribution is 5.94. The van der Waals surface area contributed by atoms with Crippen LogP contribution in [0.2, 0.25) is 0 Å². The lowest BCUT2D eigenvalue weighted by atomic mass is 9.95. The first kappa shape index (κ1) is 15.1. The second kappa shape index (κ2) is 6.57. The van der Waals surface area contributed by atoms with Gasteiger partial charge < -0.3 is 4.98 Å². The molecule has 0 fully saturated rings. The van der Waals surface area contributed by atoms with Crippen molar-refractivity contribution in [2.75, 3.05) is 0 Å². The van der Waals surface area contributed by atoms with Crippen LogP contribution in [0.25, 0.3) is 22.6 Å². The zero-order chi connectivity index (χ0) is 17.1. The van der Waals surface area contributed by atoms with Crippen LogP contribution in [0, 0.1) is 0 Å². The van der Waals surface area contributed by atoms with Gasteiger partial charge in [-0.1, -0.05) is 42.5 Å². The Hall–Kier alpha value is -3.46. The van der Waals surface area contributed by atoms with Crippen molar-refractivity contribution < 1.29 is 0 Å². The van der Waals surface area contributed by atoms with Gasteiger partial charge in [0.05, 0.1) is 0 Å². The van der Waals surface area contributed by atoms with Crippen molar-refractivity contribution in [3.8, 4) is 0 Å². The number of H-pyrrole nitrogens is 1. The van der Waals surface area contributed by atoms with Crippen molar-refractivity contribution in [1.82, 2.24) is 9.97 Å². The van der Waals surface area contributed by atoms with E-state index in [9.17, 15) is 4.79 Å². The molecule has 0 spiro atoms. The van der Waals surface area contributed by atoms with Crippen LogP contribution < -0.4 is 5.56 Å². The van der Waals surface area contributed by atoms with Gasteiger partial charge in [0, 0.05) is 24.0 Å². The molecule has 4 aromatic rings. The molecule has 1 N–H and O–H groups in total.